The summed E-state index contributed by atoms with van der Waals surface area (Å²) in [7, 11) is 2.11. The van der Waals surface area contributed by atoms with Crippen molar-refractivity contribution in [3.8, 4) is 6.01 Å². The number of ether oxygens (including phenoxy) is 3. The highest BCUT2D eigenvalue weighted by Gasteiger charge is 2.36. The minimum Gasteiger partial charge on any atom is -0.462 e. The molecule has 11 nitrogen and oxygen atoms in total. The fourth-order valence-electron chi connectivity index (χ4n) is 5.58. The van der Waals surface area contributed by atoms with Crippen LogP contribution in [-0.2, 0) is 29.2 Å². The van der Waals surface area contributed by atoms with Crippen molar-refractivity contribution in [2.75, 3.05) is 44.7 Å². The number of likely N-dealkylation sites (N-methyl/N-ethyl adjacent to an activating group) is 1. The summed E-state index contributed by atoms with van der Waals surface area (Å²) in [5.74, 6) is 0.751. The van der Waals surface area contributed by atoms with E-state index in [2.05, 4.69) is 23.8 Å². The second-order valence-corrected chi connectivity index (χ2v) is 12.2. The highest BCUT2D eigenvalue weighted by Crippen LogP contribution is 2.34. The molecule has 41 heavy (non-hydrogen) atoms. The molecule has 0 radical (unpaired) electrons. The Kier molecular flexibility index (Phi) is 8.53. The van der Waals surface area contributed by atoms with Crippen LogP contribution < -0.4 is 9.64 Å². The van der Waals surface area contributed by atoms with E-state index in [9.17, 15) is 9.59 Å². The van der Waals surface area contributed by atoms with Crippen LogP contribution in [0.25, 0.3) is 0 Å². The van der Waals surface area contributed by atoms with E-state index in [1.165, 1.54) is 0 Å². The molecule has 11 heteroatoms. The number of hydrogen-bond acceptors (Lipinski definition) is 9. The van der Waals surface area contributed by atoms with Gasteiger partial charge in [-0.3, -0.25) is 4.90 Å². The molecule has 3 aliphatic rings. The summed E-state index contributed by atoms with van der Waals surface area (Å²) in [6, 6.07) is 10.3. The Hall–Kier alpha value is -3.60. The van der Waals surface area contributed by atoms with E-state index in [-0.39, 0.29) is 24.8 Å². The van der Waals surface area contributed by atoms with Crippen LogP contribution in [0.2, 0.25) is 0 Å². The summed E-state index contributed by atoms with van der Waals surface area (Å²) in [6.45, 7) is 11.7. The molecule has 2 amide bonds. The maximum atomic E-state index is 12.9. The lowest BCUT2D eigenvalue weighted by molar-refractivity contribution is 0.0240. The average molecular weight is 567 g/mol. The van der Waals surface area contributed by atoms with Gasteiger partial charge in [-0.05, 0) is 59.7 Å². The van der Waals surface area contributed by atoms with E-state index in [0.717, 1.165) is 42.0 Å². The summed E-state index contributed by atoms with van der Waals surface area (Å²) < 4.78 is 17.4. The van der Waals surface area contributed by atoms with Gasteiger partial charge in [-0.1, -0.05) is 30.3 Å². The Balaban J connectivity index is 1.31. The number of aromatic nitrogens is 2. The highest BCUT2D eigenvalue weighted by molar-refractivity contribution is 5.71. The van der Waals surface area contributed by atoms with Crippen molar-refractivity contribution in [3.05, 3.63) is 47.2 Å². The van der Waals surface area contributed by atoms with Crippen molar-refractivity contribution in [2.45, 2.75) is 77.9 Å². The monoisotopic (exact) mass is 566 g/mol. The van der Waals surface area contributed by atoms with Crippen LogP contribution in [-0.4, -0.2) is 94.4 Å². The molecule has 0 saturated carbocycles. The zero-order valence-corrected chi connectivity index (χ0v) is 24.8. The number of piperazine rings is 1. The van der Waals surface area contributed by atoms with Crippen molar-refractivity contribution in [1.82, 2.24) is 24.7 Å². The van der Waals surface area contributed by atoms with Gasteiger partial charge in [-0.15, -0.1) is 0 Å². The molecule has 2 saturated heterocycles. The highest BCUT2D eigenvalue weighted by atomic mass is 16.6. The lowest BCUT2D eigenvalue weighted by Gasteiger charge is -2.40. The first-order valence-electron chi connectivity index (χ1n) is 14.5. The predicted molar refractivity (Wildman–Crippen MR) is 154 cm³/mol. The SMILES string of the molecule is C[C@H]1CN(C(=O)OCc2ccccc2)CCN1c1nc(OC[C@@H]2CCCN2C)nc2c1CN(C(=O)OC(C)(C)C)C2. The molecule has 0 bridgehead atoms. The Bertz CT molecular complexity index is 1240. The number of rotatable bonds is 6. The number of nitrogens with zero attached hydrogens (tertiary/aromatic N) is 6. The van der Waals surface area contributed by atoms with E-state index in [0.29, 0.717) is 51.4 Å². The van der Waals surface area contributed by atoms with Crippen molar-refractivity contribution < 1.29 is 23.8 Å². The van der Waals surface area contributed by atoms with Crippen LogP contribution in [0.1, 0.15) is 57.4 Å². The van der Waals surface area contributed by atoms with Gasteiger partial charge in [0.2, 0.25) is 0 Å². The van der Waals surface area contributed by atoms with Gasteiger partial charge in [0.25, 0.3) is 0 Å². The van der Waals surface area contributed by atoms with E-state index < -0.39 is 5.60 Å². The van der Waals surface area contributed by atoms with Crippen LogP contribution in [0.3, 0.4) is 0 Å². The molecule has 0 spiro atoms. The number of amides is 2. The molecule has 1 aromatic carbocycles. The first-order valence-corrected chi connectivity index (χ1v) is 14.5. The first-order chi connectivity index (χ1) is 19.6. The Labute approximate surface area is 242 Å². The van der Waals surface area contributed by atoms with Gasteiger partial charge in [-0.25, -0.2) is 9.59 Å². The van der Waals surface area contributed by atoms with Crippen molar-refractivity contribution in [2.24, 2.45) is 0 Å². The van der Waals surface area contributed by atoms with E-state index in [4.69, 9.17) is 24.2 Å². The molecule has 0 aliphatic carbocycles. The molecule has 3 aliphatic heterocycles. The zero-order valence-electron chi connectivity index (χ0n) is 24.8. The van der Waals surface area contributed by atoms with Gasteiger partial charge < -0.3 is 28.9 Å². The fourth-order valence-corrected chi connectivity index (χ4v) is 5.58. The van der Waals surface area contributed by atoms with Gasteiger partial charge in [0.05, 0.1) is 18.8 Å². The van der Waals surface area contributed by atoms with E-state index in [1.54, 1.807) is 9.80 Å². The topological polar surface area (TPSA) is 101 Å². The summed E-state index contributed by atoms with van der Waals surface area (Å²) >= 11 is 0. The molecule has 0 unspecified atom stereocenters. The summed E-state index contributed by atoms with van der Waals surface area (Å²) in [5, 5.41) is 0. The van der Waals surface area contributed by atoms with Crippen LogP contribution in [0.15, 0.2) is 30.3 Å². The molecule has 0 N–H and O–H groups in total. The van der Waals surface area contributed by atoms with Crippen LogP contribution in [0.5, 0.6) is 6.01 Å². The number of carbonyl (C=O) groups excluding carboxylic acids is 2. The number of anilines is 1. The molecular formula is C30H42N6O5. The first kappa shape index (κ1) is 28.9. The number of fused-ring (bicyclic) bond motifs is 1. The number of likely N-dealkylation sites (tertiary alicyclic amines) is 1. The van der Waals surface area contributed by atoms with Gasteiger partial charge in [-0.2, -0.15) is 9.97 Å². The number of benzene rings is 1. The third kappa shape index (κ3) is 7.01. The molecule has 5 rings (SSSR count). The Morgan fingerprint density at radius 3 is 2.46 bits per heavy atom. The molecule has 1 aromatic heterocycles. The Morgan fingerprint density at radius 2 is 1.78 bits per heavy atom. The zero-order chi connectivity index (χ0) is 29.1. The summed E-state index contributed by atoms with van der Waals surface area (Å²) in [6.07, 6.45) is 1.53. The minimum atomic E-state index is -0.595. The standard InChI is InChI=1S/C30H42N6O5/c1-21-16-34(28(37)40-19-22-10-7-6-8-11-22)14-15-36(21)26-24-17-35(29(38)41-30(2,3)4)18-25(24)31-27(32-26)39-20-23-12-9-13-33(23)5/h6-8,10-11,21,23H,9,12-20H2,1-5H3/t21-,23-/m0/s1. The number of carbonyl (C=O) groups is 2. The smallest absolute Gasteiger partial charge is 0.410 e. The van der Waals surface area contributed by atoms with Gasteiger partial charge >= 0.3 is 18.2 Å². The molecule has 2 aromatic rings. The normalized spacial score (nSPS) is 21.1. The molecule has 2 fully saturated rings. The largest absolute Gasteiger partial charge is 0.462 e. The third-order valence-electron chi connectivity index (χ3n) is 7.83. The molecule has 222 valence electrons. The van der Waals surface area contributed by atoms with Gasteiger partial charge in [0.15, 0.2) is 0 Å². The fraction of sp³-hybridized carbons (Fsp3) is 0.600. The number of hydrogen-bond donors (Lipinski definition) is 0. The lowest BCUT2D eigenvalue weighted by Crippen LogP contribution is -2.54. The van der Waals surface area contributed by atoms with Gasteiger partial charge in [0.1, 0.15) is 24.6 Å². The van der Waals surface area contributed by atoms with Crippen molar-refractivity contribution in [1.29, 1.82) is 0 Å². The van der Waals surface area contributed by atoms with E-state index >= 15 is 0 Å². The quantitative estimate of drug-likeness (QED) is 0.513. The van der Waals surface area contributed by atoms with Gasteiger partial charge in [0, 0.05) is 37.3 Å². The van der Waals surface area contributed by atoms with Crippen molar-refractivity contribution in [3.63, 3.8) is 0 Å². The lowest BCUT2D eigenvalue weighted by atomic mass is 10.1. The van der Waals surface area contributed by atoms with Crippen LogP contribution in [0.4, 0.5) is 15.4 Å². The summed E-state index contributed by atoms with van der Waals surface area (Å²) in [5.41, 5.74) is 2.03. The third-order valence-corrected chi connectivity index (χ3v) is 7.83. The second-order valence-electron chi connectivity index (χ2n) is 12.2. The van der Waals surface area contributed by atoms with E-state index in [1.807, 2.05) is 51.1 Å². The summed E-state index contributed by atoms with van der Waals surface area (Å²) in [4.78, 5) is 43.3. The molecule has 4 heterocycles. The molecule has 2 atom stereocenters. The van der Waals surface area contributed by atoms with Crippen LogP contribution >= 0.6 is 0 Å². The molecular weight excluding hydrogens is 524 g/mol. The maximum Gasteiger partial charge on any atom is 0.410 e. The Morgan fingerprint density at radius 1 is 1.00 bits per heavy atom. The van der Waals surface area contributed by atoms with Crippen molar-refractivity contribution >= 4 is 18.0 Å². The average Bonchev–Trinajstić information content (AvgIpc) is 3.55. The van der Waals surface area contributed by atoms with Crippen LogP contribution in [0, 0.1) is 0 Å². The predicted octanol–water partition coefficient (Wildman–Crippen LogP) is 4.05. The maximum absolute atomic E-state index is 12.9. The second kappa shape index (κ2) is 12.1. The minimum absolute atomic E-state index is 0.0311.